The molecule has 0 amide bonds. The van der Waals surface area contributed by atoms with E-state index in [1.54, 1.807) is 12.1 Å². The molecular weight excluding hydrogens is 330 g/mol. The summed E-state index contributed by atoms with van der Waals surface area (Å²) >= 11 is 2.28. The Hall–Kier alpha value is -0.160. The number of hydrogen-bond acceptors (Lipinski definition) is 1. The first-order chi connectivity index (χ1) is 8.13. The fraction of sp³-hybridized carbons (Fsp3) is 0.571. The Bertz CT molecular complexity index is 328. The average Bonchev–Trinajstić information content (AvgIpc) is 2.29. The molecule has 1 nitrogen and oxygen atoms in total. The van der Waals surface area contributed by atoms with Gasteiger partial charge >= 0.3 is 0 Å². The molecule has 0 N–H and O–H groups in total. The first-order valence-corrected chi connectivity index (χ1v) is 7.59. The summed E-state index contributed by atoms with van der Waals surface area (Å²) in [5, 5.41) is 0. The summed E-state index contributed by atoms with van der Waals surface area (Å²) in [7, 11) is 0. The van der Waals surface area contributed by atoms with Crippen LogP contribution in [0, 0.1) is 11.7 Å². The molecule has 1 rings (SSSR count). The van der Waals surface area contributed by atoms with E-state index in [1.165, 1.54) is 12.5 Å². The van der Waals surface area contributed by atoms with E-state index in [0.717, 1.165) is 23.0 Å². The third kappa shape index (κ3) is 5.82. The molecular formula is C14H20FIO. The van der Waals surface area contributed by atoms with Gasteiger partial charge in [-0.25, -0.2) is 4.39 Å². The molecule has 0 aliphatic heterocycles. The lowest BCUT2D eigenvalue weighted by atomic mass is 10.1. The lowest BCUT2D eigenvalue weighted by molar-refractivity contribution is 0.0664. The van der Waals surface area contributed by atoms with Crippen LogP contribution in [0.25, 0.3) is 0 Å². The minimum atomic E-state index is -0.192. The van der Waals surface area contributed by atoms with E-state index in [0.29, 0.717) is 5.92 Å². The van der Waals surface area contributed by atoms with Gasteiger partial charge in [-0.2, -0.15) is 0 Å². The van der Waals surface area contributed by atoms with Crippen LogP contribution in [0.15, 0.2) is 24.3 Å². The smallest absolute Gasteiger partial charge is 0.123 e. The first kappa shape index (κ1) is 14.9. The van der Waals surface area contributed by atoms with Crippen molar-refractivity contribution in [1.82, 2.24) is 0 Å². The minimum Gasteiger partial charge on any atom is -0.373 e. The number of alkyl halides is 1. The fourth-order valence-electron chi connectivity index (χ4n) is 1.65. The van der Waals surface area contributed by atoms with Crippen LogP contribution in [0.1, 0.15) is 38.4 Å². The van der Waals surface area contributed by atoms with E-state index in [1.807, 2.05) is 6.07 Å². The summed E-state index contributed by atoms with van der Waals surface area (Å²) < 4.78 is 19.8. The molecule has 1 atom stereocenters. The van der Waals surface area contributed by atoms with Gasteiger partial charge in [-0.3, -0.25) is 0 Å². The molecule has 0 spiro atoms. The average molecular weight is 350 g/mol. The van der Waals surface area contributed by atoms with Crippen LogP contribution in [0.2, 0.25) is 0 Å². The summed E-state index contributed by atoms with van der Waals surface area (Å²) in [4.78, 5) is 0. The largest absolute Gasteiger partial charge is 0.373 e. The molecule has 0 bridgehead atoms. The van der Waals surface area contributed by atoms with Crippen molar-refractivity contribution < 1.29 is 9.13 Å². The highest BCUT2D eigenvalue weighted by Crippen LogP contribution is 2.21. The predicted molar refractivity (Wildman–Crippen MR) is 78.1 cm³/mol. The molecule has 0 saturated carbocycles. The Morgan fingerprint density at radius 1 is 1.35 bits per heavy atom. The van der Waals surface area contributed by atoms with Crippen molar-refractivity contribution >= 4 is 22.6 Å². The highest BCUT2D eigenvalue weighted by Gasteiger charge is 2.10. The van der Waals surface area contributed by atoms with Crippen LogP contribution in [0.4, 0.5) is 4.39 Å². The zero-order valence-electron chi connectivity index (χ0n) is 10.5. The van der Waals surface area contributed by atoms with E-state index >= 15 is 0 Å². The fourth-order valence-corrected chi connectivity index (χ4v) is 2.42. The molecule has 0 aromatic heterocycles. The second-order valence-corrected chi connectivity index (χ2v) is 5.49. The van der Waals surface area contributed by atoms with Gasteiger partial charge in [0.1, 0.15) is 5.82 Å². The van der Waals surface area contributed by atoms with Gasteiger partial charge in [-0.05, 0) is 36.5 Å². The van der Waals surface area contributed by atoms with E-state index in [2.05, 4.69) is 36.4 Å². The van der Waals surface area contributed by atoms with Gasteiger partial charge in [0.15, 0.2) is 0 Å². The van der Waals surface area contributed by atoms with E-state index in [-0.39, 0.29) is 11.9 Å². The molecule has 96 valence electrons. The highest BCUT2D eigenvalue weighted by atomic mass is 127. The second-order valence-electron chi connectivity index (χ2n) is 4.60. The topological polar surface area (TPSA) is 9.23 Å². The van der Waals surface area contributed by atoms with Crippen molar-refractivity contribution in [3.8, 4) is 0 Å². The van der Waals surface area contributed by atoms with Crippen LogP contribution in [0.5, 0.6) is 0 Å². The van der Waals surface area contributed by atoms with Crippen molar-refractivity contribution in [3.63, 3.8) is 0 Å². The van der Waals surface area contributed by atoms with Gasteiger partial charge in [0.05, 0.1) is 6.10 Å². The maximum absolute atomic E-state index is 13.1. The standard InChI is InChI=1S/C14H20FIO/c1-11(2)5-4-8-17-14(10-16)12-6-3-7-13(15)9-12/h3,6-7,9,11,14H,4-5,8,10H2,1-2H3. The summed E-state index contributed by atoms with van der Waals surface area (Å²) in [6.07, 6.45) is 2.26. The summed E-state index contributed by atoms with van der Waals surface area (Å²) in [6, 6.07) is 6.69. The van der Waals surface area contributed by atoms with Gasteiger partial charge in [0.2, 0.25) is 0 Å². The van der Waals surface area contributed by atoms with Gasteiger partial charge in [-0.1, -0.05) is 48.6 Å². The summed E-state index contributed by atoms with van der Waals surface area (Å²) in [5.41, 5.74) is 0.934. The lowest BCUT2D eigenvalue weighted by Crippen LogP contribution is -2.08. The van der Waals surface area contributed by atoms with E-state index in [4.69, 9.17) is 4.74 Å². The minimum absolute atomic E-state index is 0.0125. The third-order valence-electron chi connectivity index (χ3n) is 2.61. The van der Waals surface area contributed by atoms with Gasteiger partial charge in [0.25, 0.3) is 0 Å². The number of benzene rings is 1. The Morgan fingerprint density at radius 2 is 2.12 bits per heavy atom. The molecule has 0 saturated heterocycles. The molecule has 0 aliphatic carbocycles. The maximum Gasteiger partial charge on any atom is 0.123 e. The molecule has 0 aliphatic rings. The van der Waals surface area contributed by atoms with Gasteiger partial charge in [-0.15, -0.1) is 0 Å². The lowest BCUT2D eigenvalue weighted by Gasteiger charge is -2.16. The Morgan fingerprint density at radius 3 is 2.71 bits per heavy atom. The SMILES string of the molecule is CC(C)CCCOC(CI)c1cccc(F)c1. The Kier molecular flexibility index (Phi) is 7.04. The van der Waals surface area contributed by atoms with Crippen LogP contribution in [0.3, 0.4) is 0 Å². The first-order valence-electron chi connectivity index (χ1n) is 6.06. The summed E-state index contributed by atoms with van der Waals surface area (Å²) in [6.45, 7) is 5.17. The monoisotopic (exact) mass is 350 g/mol. The van der Waals surface area contributed by atoms with Gasteiger partial charge < -0.3 is 4.74 Å². The Balaban J connectivity index is 2.43. The van der Waals surface area contributed by atoms with Crippen molar-refractivity contribution in [3.05, 3.63) is 35.6 Å². The van der Waals surface area contributed by atoms with Gasteiger partial charge in [0, 0.05) is 11.0 Å². The number of halogens is 2. The van der Waals surface area contributed by atoms with Crippen LogP contribution in [-0.4, -0.2) is 11.0 Å². The van der Waals surface area contributed by atoms with E-state index in [9.17, 15) is 4.39 Å². The van der Waals surface area contributed by atoms with Crippen LogP contribution in [-0.2, 0) is 4.74 Å². The summed E-state index contributed by atoms with van der Waals surface area (Å²) in [5.74, 6) is 0.522. The second kappa shape index (κ2) is 8.03. The molecule has 0 heterocycles. The maximum atomic E-state index is 13.1. The molecule has 17 heavy (non-hydrogen) atoms. The predicted octanol–water partition coefficient (Wildman–Crippen LogP) is 4.75. The third-order valence-corrected chi connectivity index (χ3v) is 3.41. The quantitative estimate of drug-likeness (QED) is 0.392. The zero-order valence-corrected chi connectivity index (χ0v) is 12.6. The number of rotatable bonds is 7. The molecule has 0 fully saturated rings. The van der Waals surface area contributed by atoms with E-state index < -0.39 is 0 Å². The van der Waals surface area contributed by atoms with Crippen molar-refractivity contribution in [2.24, 2.45) is 5.92 Å². The normalized spacial score (nSPS) is 13.0. The van der Waals surface area contributed by atoms with Crippen molar-refractivity contribution in [2.75, 3.05) is 11.0 Å². The highest BCUT2D eigenvalue weighted by molar-refractivity contribution is 14.1. The van der Waals surface area contributed by atoms with Crippen LogP contribution >= 0.6 is 22.6 Å². The molecule has 1 aromatic carbocycles. The number of hydrogen-bond donors (Lipinski definition) is 0. The van der Waals surface area contributed by atoms with Crippen LogP contribution < -0.4 is 0 Å². The molecule has 1 unspecified atom stereocenters. The zero-order chi connectivity index (χ0) is 12.7. The number of ether oxygens (including phenoxy) is 1. The van der Waals surface area contributed by atoms with Crippen molar-refractivity contribution in [2.45, 2.75) is 32.8 Å². The van der Waals surface area contributed by atoms with Crippen molar-refractivity contribution in [1.29, 1.82) is 0 Å². The molecule has 3 heteroatoms. The Labute approximate surface area is 117 Å². The molecule has 0 radical (unpaired) electrons. The molecule has 1 aromatic rings.